The second kappa shape index (κ2) is 8.74. The normalized spacial score (nSPS) is 15.7. The zero-order valence-electron chi connectivity index (χ0n) is 17.0. The first-order valence-corrected chi connectivity index (χ1v) is 9.17. The van der Waals surface area contributed by atoms with Gasteiger partial charge in [0.25, 0.3) is 0 Å². The number of hydrogen-bond donors (Lipinski definition) is 1. The number of furan rings is 1. The lowest BCUT2D eigenvalue weighted by molar-refractivity contribution is -0.402. The van der Waals surface area contributed by atoms with E-state index in [0.29, 0.717) is 11.1 Å². The molecule has 1 aliphatic rings. The molecule has 10 nitrogen and oxygen atoms in total. The molecule has 1 atom stereocenters. The summed E-state index contributed by atoms with van der Waals surface area (Å²) in [6.07, 6.45) is 2.91. The molecule has 2 heterocycles. The molecular formula is C21H20N2O8. The van der Waals surface area contributed by atoms with Crippen molar-refractivity contribution in [3.05, 3.63) is 74.7 Å². The van der Waals surface area contributed by atoms with E-state index in [4.69, 9.17) is 13.9 Å². The number of benzene rings is 1. The second-order valence-electron chi connectivity index (χ2n) is 6.74. The van der Waals surface area contributed by atoms with Crippen LogP contribution in [0.2, 0.25) is 0 Å². The molecule has 0 aliphatic carbocycles. The molecule has 0 bridgehead atoms. The molecule has 1 unspecified atom stereocenters. The van der Waals surface area contributed by atoms with Crippen molar-refractivity contribution < 1.29 is 33.5 Å². The summed E-state index contributed by atoms with van der Waals surface area (Å²) in [6, 6.07) is 6.88. The number of aromatic hydroxyl groups is 1. The van der Waals surface area contributed by atoms with E-state index in [1.54, 1.807) is 17.0 Å². The number of ether oxygens (including phenoxy) is 2. The molecule has 1 aromatic carbocycles. The summed E-state index contributed by atoms with van der Waals surface area (Å²) in [5.41, 5.74) is 1.14. The first kappa shape index (κ1) is 21.6. The highest BCUT2D eigenvalue weighted by molar-refractivity contribution is 6.10. The van der Waals surface area contributed by atoms with Crippen molar-refractivity contribution in [3.63, 3.8) is 0 Å². The molecular weight excluding hydrogens is 408 g/mol. The molecule has 1 N–H and O–H groups in total. The molecule has 0 saturated carbocycles. The number of carbonyl (C=O) groups is 2. The summed E-state index contributed by atoms with van der Waals surface area (Å²) < 4.78 is 15.0. The van der Waals surface area contributed by atoms with Crippen LogP contribution < -0.4 is 0 Å². The van der Waals surface area contributed by atoms with Gasteiger partial charge in [-0.3, -0.25) is 10.1 Å². The Labute approximate surface area is 177 Å². The van der Waals surface area contributed by atoms with Gasteiger partial charge in [0.1, 0.15) is 16.4 Å². The van der Waals surface area contributed by atoms with Gasteiger partial charge < -0.3 is 23.9 Å². The molecule has 10 heteroatoms. The third kappa shape index (κ3) is 4.42. The molecule has 0 amide bonds. The Hall–Kier alpha value is -4.08. The van der Waals surface area contributed by atoms with Crippen LogP contribution in [0.4, 0.5) is 5.88 Å². The van der Waals surface area contributed by atoms with Crippen molar-refractivity contribution in [1.29, 1.82) is 0 Å². The summed E-state index contributed by atoms with van der Waals surface area (Å²) in [5, 5.41) is 20.9. The first-order valence-electron chi connectivity index (χ1n) is 9.17. The molecule has 2 aromatic rings. The van der Waals surface area contributed by atoms with Gasteiger partial charge in [0.05, 0.1) is 44.0 Å². The molecule has 0 fully saturated rings. The van der Waals surface area contributed by atoms with Gasteiger partial charge in [-0.05, 0) is 42.3 Å². The van der Waals surface area contributed by atoms with Crippen LogP contribution in [0.5, 0.6) is 5.75 Å². The predicted octanol–water partition coefficient (Wildman–Crippen LogP) is 3.08. The molecule has 1 aromatic heterocycles. The number of fused-ring (bicyclic) bond motifs is 1. The van der Waals surface area contributed by atoms with E-state index in [0.717, 1.165) is 0 Å². The number of rotatable bonds is 5. The largest absolute Gasteiger partial charge is 0.508 e. The van der Waals surface area contributed by atoms with E-state index < -0.39 is 28.8 Å². The van der Waals surface area contributed by atoms with Crippen molar-refractivity contribution >= 4 is 23.9 Å². The third-order valence-corrected chi connectivity index (χ3v) is 4.88. The van der Waals surface area contributed by atoms with Crippen LogP contribution in [0.1, 0.15) is 29.9 Å². The predicted molar refractivity (Wildman–Crippen MR) is 108 cm³/mol. The van der Waals surface area contributed by atoms with Gasteiger partial charge in [0.2, 0.25) is 0 Å². The number of phenolic OH excluding ortho intramolecular Hbond substituents is 1. The van der Waals surface area contributed by atoms with Gasteiger partial charge in [-0.25, -0.2) is 9.59 Å². The lowest BCUT2D eigenvalue weighted by atomic mass is 9.93. The lowest BCUT2D eigenvalue weighted by Gasteiger charge is -2.31. The van der Waals surface area contributed by atoms with Crippen LogP contribution >= 0.6 is 0 Å². The van der Waals surface area contributed by atoms with Gasteiger partial charge in [-0.15, -0.1) is 0 Å². The smallest absolute Gasteiger partial charge is 0.433 e. The Balaban J connectivity index is 2.18. The Morgan fingerprint density at radius 3 is 2.45 bits per heavy atom. The molecule has 0 spiro atoms. The summed E-state index contributed by atoms with van der Waals surface area (Å²) in [7, 11) is 2.38. The van der Waals surface area contributed by atoms with Crippen molar-refractivity contribution in [3.8, 4) is 5.75 Å². The Kier molecular flexibility index (Phi) is 6.10. The zero-order valence-corrected chi connectivity index (χ0v) is 17.0. The number of nitrogens with zero attached hydrogens (tertiary/aromatic N) is 2. The fraction of sp³-hybridized carbons (Fsp3) is 0.238. The average Bonchev–Trinajstić information content (AvgIpc) is 3.22. The Bertz CT molecular complexity index is 1100. The quantitative estimate of drug-likeness (QED) is 0.433. The molecule has 1 aliphatic heterocycles. The molecule has 0 saturated heterocycles. The highest BCUT2D eigenvalue weighted by Crippen LogP contribution is 2.35. The number of nitro groups is 1. The summed E-state index contributed by atoms with van der Waals surface area (Å²) in [6.45, 7) is 1.86. The number of carbonyl (C=O) groups excluding carboxylic acids is 2. The number of hydrogen-bond acceptors (Lipinski definition) is 9. The number of phenols is 1. The maximum atomic E-state index is 12.5. The van der Waals surface area contributed by atoms with Crippen molar-refractivity contribution in [2.75, 3.05) is 14.2 Å². The van der Waals surface area contributed by atoms with Crippen LogP contribution in [0.3, 0.4) is 0 Å². The van der Waals surface area contributed by atoms with Crippen LogP contribution in [0.25, 0.3) is 6.08 Å². The fourth-order valence-electron chi connectivity index (χ4n) is 3.28. The van der Waals surface area contributed by atoms with Crippen LogP contribution in [0.15, 0.2) is 52.1 Å². The summed E-state index contributed by atoms with van der Waals surface area (Å²) in [4.78, 5) is 36.9. The van der Waals surface area contributed by atoms with E-state index in [9.17, 15) is 24.8 Å². The zero-order chi connectivity index (χ0) is 22.7. The van der Waals surface area contributed by atoms with Crippen molar-refractivity contribution in [1.82, 2.24) is 4.90 Å². The number of esters is 2. The molecule has 31 heavy (non-hydrogen) atoms. The minimum Gasteiger partial charge on any atom is -0.508 e. The third-order valence-electron chi connectivity index (χ3n) is 4.88. The van der Waals surface area contributed by atoms with E-state index in [-0.39, 0.29) is 29.2 Å². The first-order chi connectivity index (χ1) is 14.7. The van der Waals surface area contributed by atoms with Crippen LogP contribution in [0, 0.1) is 10.1 Å². The molecule has 0 radical (unpaired) electrons. The van der Waals surface area contributed by atoms with Crippen LogP contribution in [-0.2, 0) is 25.6 Å². The van der Waals surface area contributed by atoms with Gasteiger partial charge in [-0.1, -0.05) is 6.07 Å². The van der Waals surface area contributed by atoms with Crippen molar-refractivity contribution in [2.24, 2.45) is 0 Å². The molecule has 162 valence electrons. The van der Waals surface area contributed by atoms with Gasteiger partial charge in [0.15, 0.2) is 0 Å². The second-order valence-corrected chi connectivity index (χ2v) is 6.74. The SMILES string of the molecule is COC(=O)C1=Cc2ccc(O)cc2C(C)N(Cc2ccc([N+](=O)[O-])o2)C=C1C(=O)OC. The fourth-order valence-corrected chi connectivity index (χ4v) is 3.28. The Morgan fingerprint density at radius 1 is 1.16 bits per heavy atom. The molecule has 3 rings (SSSR count). The standard InChI is InChI=1S/C21H20N2O8/c1-12-16-9-14(24)5-4-13(16)8-17(20(25)29-2)18(21(26)30-3)11-22(12)10-15-6-7-19(31-15)23(27)28/h4-9,11-12,24H,10H2,1-3H3. The minimum absolute atomic E-state index is 0.0185. The lowest BCUT2D eigenvalue weighted by Crippen LogP contribution is -2.26. The topological polar surface area (TPSA) is 132 Å². The summed E-state index contributed by atoms with van der Waals surface area (Å²) in [5.74, 6) is -1.64. The highest BCUT2D eigenvalue weighted by Gasteiger charge is 2.29. The summed E-state index contributed by atoms with van der Waals surface area (Å²) >= 11 is 0. The average molecular weight is 428 g/mol. The van der Waals surface area contributed by atoms with Gasteiger partial charge >= 0.3 is 17.8 Å². The van der Waals surface area contributed by atoms with E-state index in [2.05, 4.69) is 0 Å². The van der Waals surface area contributed by atoms with Crippen molar-refractivity contribution in [2.45, 2.75) is 19.5 Å². The maximum absolute atomic E-state index is 12.5. The van der Waals surface area contributed by atoms with Crippen LogP contribution in [-0.4, -0.2) is 41.1 Å². The van der Waals surface area contributed by atoms with E-state index in [1.807, 2.05) is 6.92 Å². The van der Waals surface area contributed by atoms with Gasteiger partial charge in [0, 0.05) is 6.20 Å². The monoisotopic (exact) mass is 428 g/mol. The van der Waals surface area contributed by atoms with E-state index >= 15 is 0 Å². The van der Waals surface area contributed by atoms with E-state index in [1.165, 1.54) is 44.7 Å². The maximum Gasteiger partial charge on any atom is 0.433 e. The van der Waals surface area contributed by atoms with Gasteiger partial charge in [-0.2, -0.15) is 0 Å². The minimum atomic E-state index is -0.762. The number of methoxy groups -OCH3 is 2. The Morgan fingerprint density at radius 2 is 1.84 bits per heavy atom. The highest BCUT2D eigenvalue weighted by atomic mass is 16.6.